The minimum Gasteiger partial charge on any atom is -0.397 e. The van der Waals surface area contributed by atoms with Crippen molar-refractivity contribution >= 4 is 40.3 Å². The van der Waals surface area contributed by atoms with E-state index in [0.717, 1.165) is 11.5 Å². The van der Waals surface area contributed by atoms with E-state index < -0.39 is 53.6 Å². The molecule has 0 saturated carbocycles. The van der Waals surface area contributed by atoms with E-state index in [0.29, 0.717) is 0 Å². The lowest BCUT2D eigenvalue weighted by Gasteiger charge is -2.29. The van der Waals surface area contributed by atoms with Gasteiger partial charge in [-0.15, -0.1) is 6.42 Å². The maximum atomic E-state index is 12.0. The number of aromatic nitrogens is 3. The van der Waals surface area contributed by atoms with Gasteiger partial charge in [0.25, 0.3) is 0 Å². The monoisotopic (exact) mass is 544 g/mol. The number of terminal acetylenes is 1. The van der Waals surface area contributed by atoms with Crippen LogP contribution in [0.2, 0.25) is 0 Å². The molecule has 0 aliphatic carbocycles. The molecule has 1 aliphatic heterocycles. The van der Waals surface area contributed by atoms with Crippen LogP contribution in [0.5, 0.6) is 0 Å². The number of hydrogen-bond acceptors (Lipinski definition) is 12. The number of phosphoric ester groups is 1. The van der Waals surface area contributed by atoms with Crippen LogP contribution in [0.1, 0.15) is 13.2 Å². The molecule has 6 atom stereocenters. The molecule has 1 aliphatic rings. The predicted molar refractivity (Wildman–Crippen MR) is 110 cm³/mol. The molecule has 1 saturated heterocycles. The third-order valence-corrected chi connectivity index (χ3v) is 8.44. The van der Waals surface area contributed by atoms with Crippen LogP contribution in [0.25, 0.3) is 11.2 Å². The summed E-state index contributed by atoms with van der Waals surface area (Å²) in [7, 11) is -16.9. The number of aliphatic hydroxyl groups is 2. The molecule has 3 rings (SSSR count). The first kappa shape index (κ1) is 26.9. The summed E-state index contributed by atoms with van der Waals surface area (Å²) in [6.45, 7) is 0.0338. The van der Waals surface area contributed by atoms with Crippen molar-refractivity contribution in [1.29, 1.82) is 0 Å². The molecule has 0 aromatic carbocycles. The average molecular weight is 544 g/mol. The van der Waals surface area contributed by atoms with Crippen LogP contribution in [0, 0.1) is 12.3 Å². The molecule has 0 spiro atoms. The van der Waals surface area contributed by atoms with Crippen LogP contribution in [0.15, 0.2) is 18.6 Å². The number of fused-ring (bicyclic) bond motifs is 1. The molecular weight excluding hydrogens is 525 g/mol. The highest BCUT2D eigenvalue weighted by molar-refractivity contribution is 7.66. The van der Waals surface area contributed by atoms with Gasteiger partial charge in [0.05, 0.1) is 18.6 Å². The number of nitrogens with zero attached hydrogens (tertiary/aromatic N) is 3. The summed E-state index contributed by atoms with van der Waals surface area (Å²) < 4.78 is 52.8. The number of pyridine rings is 1. The fraction of sp³-hybridized carbons (Fsp3) is 0.429. The predicted octanol–water partition coefficient (Wildman–Crippen LogP) is -0.630. The Kier molecular flexibility index (Phi) is 6.90. The van der Waals surface area contributed by atoms with Gasteiger partial charge >= 0.3 is 23.5 Å². The summed E-state index contributed by atoms with van der Waals surface area (Å²) in [5, 5.41) is 21.7. The molecule has 2 unspecified atom stereocenters. The van der Waals surface area contributed by atoms with Crippen LogP contribution < -0.4 is 5.73 Å². The van der Waals surface area contributed by atoms with Gasteiger partial charge in [-0.3, -0.25) is 9.09 Å². The molecule has 20 heteroatoms. The van der Waals surface area contributed by atoms with Crippen LogP contribution in [-0.2, 0) is 31.6 Å². The number of hydrogen-bond donors (Lipinski definition) is 7. The second-order valence-electron chi connectivity index (χ2n) is 7.24. The minimum absolute atomic E-state index is 0.114. The van der Waals surface area contributed by atoms with E-state index in [1.165, 1.54) is 18.6 Å². The molecule has 1 fully saturated rings. The van der Waals surface area contributed by atoms with E-state index >= 15 is 0 Å². The van der Waals surface area contributed by atoms with Gasteiger partial charge in [-0.25, -0.2) is 23.7 Å². The van der Waals surface area contributed by atoms with Crippen LogP contribution in [-0.4, -0.2) is 68.2 Å². The first-order valence-corrected chi connectivity index (χ1v) is 13.4. The molecule has 8 N–H and O–H groups in total. The van der Waals surface area contributed by atoms with Crippen molar-refractivity contribution in [2.45, 2.75) is 30.5 Å². The van der Waals surface area contributed by atoms with Crippen molar-refractivity contribution in [3.63, 3.8) is 0 Å². The van der Waals surface area contributed by atoms with Crippen LogP contribution in [0.3, 0.4) is 0 Å². The second-order valence-corrected chi connectivity index (χ2v) is 11.7. The summed E-state index contributed by atoms with van der Waals surface area (Å²) in [4.78, 5) is 44.2. The second kappa shape index (κ2) is 8.74. The van der Waals surface area contributed by atoms with E-state index in [1.54, 1.807) is 0 Å². The Labute approximate surface area is 190 Å². The van der Waals surface area contributed by atoms with Crippen molar-refractivity contribution in [2.75, 3.05) is 12.3 Å². The molecule has 0 radical (unpaired) electrons. The van der Waals surface area contributed by atoms with Gasteiger partial charge < -0.3 is 40.3 Å². The zero-order valence-electron chi connectivity index (χ0n) is 17.0. The topological polar surface area (TPSA) is 266 Å². The molecule has 2 aromatic rings. The van der Waals surface area contributed by atoms with Crippen molar-refractivity contribution in [3.05, 3.63) is 18.6 Å². The van der Waals surface area contributed by atoms with E-state index in [4.69, 9.17) is 26.7 Å². The lowest BCUT2D eigenvalue weighted by atomic mass is 9.88. The third kappa shape index (κ3) is 5.25. The lowest BCUT2D eigenvalue weighted by Crippen LogP contribution is -2.50. The van der Waals surface area contributed by atoms with Crippen molar-refractivity contribution in [1.82, 2.24) is 14.5 Å². The van der Waals surface area contributed by atoms with E-state index in [1.807, 2.05) is 5.92 Å². The Morgan fingerprint density at radius 3 is 2.47 bits per heavy atom. The van der Waals surface area contributed by atoms with Crippen molar-refractivity contribution in [2.24, 2.45) is 0 Å². The zero-order chi connectivity index (χ0) is 25.7. The third-order valence-electron chi connectivity index (χ3n) is 4.66. The smallest absolute Gasteiger partial charge is 0.397 e. The molecule has 0 bridgehead atoms. The highest BCUT2D eigenvalue weighted by atomic mass is 31.3. The van der Waals surface area contributed by atoms with E-state index in [9.17, 15) is 33.7 Å². The molecule has 3 heterocycles. The largest absolute Gasteiger partial charge is 0.490 e. The molecule has 188 valence electrons. The Balaban J connectivity index is 1.86. The molecule has 2 aromatic heterocycles. The van der Waals surface area contributed by atoms with E-state index in [2.05, 4.69) is 23.1 Å². The van der Waals surface area contributed by atoms with Gasteiger partial charge in [-0.2, -0.15) is 8.62 Å². The Bertz CT molecular complexity index is 1290. The number of anilines is 1. The maximum absolute atomic E-state index is 12.0. The molecule has 0 amide bonds. The highest BCUT2D eigenvalue weighted by Gasteiger charge is 2.62. The summed E-state index contributed by atoms with van der Waals surface area (Å²) in [6.07, 6.45) is 4.38. The SMILES string of the molecule is C#C[C@]1(O)[C@H](n2cnc3c(N)ccnc32)O[C@](C)(COP(=O)(O)OP(=O)(O)OP(=O)(O)O)[C@H]1O. The van der Waals surface area contributed by atoms with Gasteiger partial charge in [0.1, 0.15) is 17.2 Å². The summed E-state index contributed by atoms with van der Waals surface area (Å²) in [5.41, 5.74) is 1.89. The zero-order valence-corrected chi connectivity index (χ0v) is 19.7. The van der Waals surface area contributed by atoms with Crippen molar-refractivity contribution < 1.29 is 61.4 Å². The Morgan fingerprint density at radius 2 is 1.88 bits per heavy atom. The van der Waals surface area contributed by atoms with Gasteiger partial charge in [-0.1, -0.05) is 5.92 Å². The summed E-state index contributed by atoms with van der Waals surface area (Å²) >= 11 is 0. The number of imidazole rings is 1. The first-order valence-electron chi connectivity index (χ1n) is 8.84. The lowest BCUT2D eigenvalue weighted by molar-refractivity contribution is -0.115. The fourth-order valence-corrected chi connectivity index (χ4v) is 6.29. The molecular formula is C14H19N4O13P3. The highest BCUT2D eigenvalue weighted by Crippen LogP contribution is 2.66. The Morgan fingerprint density at radius 1 is 1.24 bits per heavy atom. The standard InChI is InChI=1S/C14H19N4O13P3/c1-3-14(20)11(19)13(2,6-28-33(24,25)31-34(26,27)30-32(21,22)23)29-12(14)18-7-17-9-8(15)4-5-16-10(9)18/h1,4-5,7,11-12,19-20H,6H2,2H3,(H2,15,16)(H,24,25)(H,26,27)(H2,21,22,23)/t11-,12-,13-,14-/m1/s1. The molecule has 34 heavy (non-hydrogen) atoms. The minimum atomic E-state index is -5.77. The fourth-order valence-electron chi connectivity index (χ4n) is 3.18. The quantitative estimate of drug-likeness (QED) is 0.161. The Hall–Kier alpha value is -1.73. The number of rotatable bonds is 8. The van der Waals surface area contributed by atoms with Gasteiger partial charge in [0.2, 0.25) is 0 Å². The van der Waals surface area contributed by atoms with Gasteiger partial charge in [0.15, 0.2) is 17.5 Å². The van der Waals surface area contributed by atoms with Crippen molar-refractivity contribution in [3.8, 4) is 12.3 Å². The number of nitrogen functional groups attached to an aromatic ring is 1. The van der Waals surface area contributed by atoms with Gasteiger partial charge in [0, 0.05) is 6.20 Å². The molecule has 17 nitrogen and oxygen atoms in total. The number of aliphatic hydroxyl groups excluding tert-OH is 1. The number of nitrogens with two attached hydrogens (primary N) is 1. The maximum Gasteiger partial charge on any atom is 0.490 e. The summed E-state index contributed by atoms with van der Waals surface area (Å²) in [6, 6.07) is 1.46. The van der Waals surface area contributed by atoms with Crippen LogP contribution in [0.4, 0.5) is 5.69 Å². The van der Waals surface area contributed by atoms with Gasteiger partial charge in [-0.05, 0) is 13.0 Å². The average Bonchev–Trinajstić information content (AvgIpc) is 3.19. The summed E-state index contributed by atoms with van der Waals surface area (Å²) in [5.74, 6) is 1.99. The normalized spacial score (nSPS) is 31.1. The van der Waals surface area contributed by atoms with E-state index in [-0.39, 0.29) is 16.9 Å². The first-order chi connectivity index (χ1) is 15.4. The number of ether oxygens (including phenoxy) is 1. The number of phosphoric acid groups is 3. The van der Waals surface area contributed by atoms with Crippen LogP contribution >= 0.6 is 23.5 Å².